The fraction of sp³-hybridized carbons (Fsp3) is 0.800. The van der Waals surface area contributed by atoms with E-state index < -0.39 is 12.1 Å². The number of hydrogen-bond donors (Lipinski definition) is 3. The van der Waals surface area contributed by atoms with Crippen molar-refractivity contribution in [3.8, 4) is 0 Å². The lowest BCUT2D eigenvalue weighted by Crippen LogP contribution is -2.43. The molecule has 0 saturated carbocycles. The molecule has 2 amide bonds. The van der Waals surface area contributed by atoms with Crippen LogP contribution in [0.4, 0.5) is 4.79 Å². The number of likely N-dealkylation sites (tertiary alicyclic amines) is 1. The molecule has 2 unspecified atom stereocenters. The van der Waals surface area contributed by atoms with Crippen LogP contribution in [-0.4, -0.2) is 60.9 Å². The van der Waals surface area contributed by atoms with Crippen LogP contribution in [0.25, 0.3) is 0 Å². The lowest BCUT2D eigenvalue weighted by Gasteiger charge is -2.19. The molecule has 0 spiro atoms. The molecule has 0 aromatic rings. The lowest BCUT2D eigenvalue weighted by atomic mass is 10.2. The molecule has 1 heterocycles. The van der Waals surface area contributed by atoms with Gasteiger partial charge in [-0.2, -0.15) is 0 Å². The second-order valence-corrected chi connectivity index (χ2v) is 4.14. The molecule has 1 aliphatic heterocycles. The Labute approximate surface area is 99.9 Å². The summed E-state index contributed by atoms with van der Waals surface area (Å²) in [5.41, 5.74) is 5.69. The van der Waals surface area contributed by atoms with Gasteiger partial charge in [-0.1, -0.05) is 0 Å². The van der Waals surface area contributed by atoms with Crippen LogP contribution in [0, 0.1) is 0 Å². The minimum absolute atomic E-state index is 0.0398. The third-order valence-corrected chi connectivity index (χ3v) is 2.73. The number of carboxylic acids is 1. The SMILES string of the molecule is COC(CNC(=O)N1CCC(N)C1)CC(=O)O. The molecule has 0 aliphatic carbocycles. The van der Waals surface area contributed by atoms with Gasteiger partial charge >= 0.3 is 12.0 Å². The Morgan fingerprint density at radius 1 is 1.65 bits per heavy atom. The summed E-state index contributed by atoms with van der Waals surface area (Å²) in [6, 6.07) is -0.177. The van der Waals surface area contributed by atoms with Crippen LogP contribution >= 0.6 is 0 Å². The summed E-state index contributed by atoms with van der Waals surface area (Å²) in [6.07, 6.45) is 0.166. The molecule has 0 bridgehead atoms. The van der Waals surface area contributed by atoms with Gasteiger partial charge in [-0.15, -0.1) is 0 Å². The Bertz CT molecular complexity index is 285. The van der Waals surface area contributed by atoms with Crippen molar-refractivity contribution in [3.05, 3.63) is 0 Å². The summed E-state index contributed by atoms with van der Waals surface area (Å²) in [5.74, 6) is -0.950. The number of nitrogens with one attached hydrogen (secondary N) is 1. The van der Waals surface area contributed by atoms with Crippen molar-refractivity contribution in [1.82, 2.24) is 10.2 Å². The summed E-state index contributed by atoms with van der Waals surface area (Å²) in [5, 5.41) is 11.3. The normalized spacial score (nSPS) is 21.3. The van der Waals surface area contributed by atoms with E-state index in [1.54, 1.807) is 4.90 Å². The van der Waals surface area contributed by atoms with Gasteiger partial charge in [0.2, 0.25) is 0 Å². The maximum absolute atomic E-state index is 11.7. The van der Waals surface area contributed by atoms with Crippen LogP contribution in [0.5, 0.6) is 0 Å². The zero-order chi connectivity index (χ0) is 12.8. The maximum Gasteiger partial charge on any atom is 0.317 e. The van der Waals surface area contributed by atoms with Crippen molar-refractivity contribution < 1.29 is 19.4 Å². The van der Waals surface area contributed by atoms with Crippen LogP contribution in [0.2, 0.25) is 0 Å². The highest BCUT2D eigenvalue weighted by Gasteiger charge is 2.24. The number of rotatable bonds is 5. The molecule has 7 heteroatoms. The van der Waals surface area contributed by atoms with E-state index in [2.05, 4.69) is 5.32 Å². The molecule has 1 fully saturated rings. The molecule has 0 aromatic carbocycles. The first-order valence-corrected chi connectivity index (χ1v) is 5.56. The van der Waals surface area contributed by atoms with Crippen molar-refractivity contribution in [2.45, 2.75) is 25.0 Å². The molecule has 1 rings (SSSR count). The minimum Gasteiger partial charge on any atom is -0.481 e. The average Bonchev–Trinajstić information content (AvgIpc) is 2.70. The molecule has 0 aromatic heterocycles. The molecule has 17 heavy (non-hydrogen) atoms. The first-order chi connectivity index (χ1) is 8.02. The Balaban J connectivity index is 2.28. The second-order valence-electron chi connectivity index (χ2n) is 4.14. The third-order valence-electron chi connectivity index (χ3n) is 2.73. The summed E-state index contributed by atoms with van der Waals surface area (Å²) in [4.78, 5) is 23.8. The molecule has 2 atom stereocenters. The number of methoxy groups -OCH3 is 1. The fourth-order valence-corrected chi connectivity index (χ4v) is 1.72. The van der Waals surface area contributed by atoms with E-state index in [4.69, 9.17) is 15.6 Å². The smallest absolute Gasteiger partial charge is 0.317 e. The molecule has 4 N–H and O–H groups in total. The first kappa shape index (κ1) is 13.7. The van der Waals surface area contributed by atoms with Gasteiger partial charge in [0, 0.05) is 32.8 Å². The highest BCUT2D eigenvalue weighted by atomic mass is 16.5. The molecular formula is C10H19N3O4. The van der Waals surface area contributed by atoms with E-state index >= 15 is 0 Å². The molecule has 98 valence electrons. The summed E-state index contributed by atoms with van der Waals surface area (Å²) in [6.45, 7) is 1.37. The topological polar surface area (TPSA) is 105 Å². The van der Waals surface area contributed by atoms with Gasteiger partial charge in [-0.05, 0) is 6.42 Å². The maximum atomic E-state index is 11.7. The van der Waals surface area contributed by atoms with Gasteiger partial charge in [-0.3, -0.25) is 4.79 Å². The summed E-state index contributed by atoms with van der Waals surface area (Å²) in [7, 11) is 1.42. The van der Waals surface area contributed by atoms with Crippen LogP contribution in [0.15, 0.2) is 0 Å². The molecule has 1 aliphatic rings. The Morgan fingerprint density at radius 3 is 2.82 bits per heavy atom. The summed E-state index contributed by atoms with van der Waals surface area (Å²) >= 11 is 0. The average molecular weight is 245 g/mol. The molecule has 1 saturated heterocycles. The number of carboxylic acid groups (broad SMARTS) is 1. The zero-order valence-electron chi connectivity index (χ0n) is 9.89. The Kier molecular flexibility index (Phi) is 5.17. The Hall–Kier alpha value is -1.34. The van der Waals surface area contributed by atoms with Crippen molar-refractivity contribution in [2.24, 2.45) is 5.73 Å². The number of carbonyl (C=O) groups is 2. The minimum atomic E-state index is -0.950. The van der Waals surface area contributed by atoms with Crippen molar-refractivity contribution in [2.75, 3.05) is 26.7 Å². The van der Waals surface area contributed by atoms with Gasteiger partial charge in [0.25, 0.3) is 0 Å². The molecule has 7 nitrogen and oxygen atoms in total. The number of carbonyl (C=O) groups excluding carboxylic acids is 1. The summed E-state index contributed by atoms with van der Waals surface area (Å²) < 4.78 is 4.96. The van der Waals surface area contributed by atoms with E-state index in [1.165, 1.54) is 7.11 Å². The third kappa shape index (κ3) is 4.58. The van der Waals surface area contributed by atoms with E-state index in [0.717, 1.165) is 6.42 Å². The molecular weight excluding hydrogens is 226 g/mol. The van der Waals surface area contributed by atoms with Crippen molar-refractivity contribution >= 4 is 12.0 Å². The highest BCUT2D eigenvalue weighted by Crippen LogP contribution is 2.06. The van der Waals surface area contributed by atoms with E-state index in [9.17, 15) is 9.59 Å². The number of urea groups is 1. The highest BCUT2D eigenvalue weighted by molar-refractivity contribution is 5.74. The van der Waals surface area contributed by atoms with Gasteiger partial charge in [0.1, 0.15) is 0 Å². The first-order valence-electron chi connectivity index (χ1n) is 5.56. The van der Waals surface area contributed by atoms with Crippen LogP contribution in [0.1, 0.15) is 12.8 Å². The van der Waals surface area contributed by atoms with Gasteiger partial charge in [0.05, 0.1) is 12.5 Å². The van der Waals surface area contributed by atoms with E-state index in [-0.39, 0.29) is 25.0 Å². The van der Waals surface area contributed by atoms with Gasteiger partial charge < -0.3 is 25.8 Å². The lowest BCUT2D eigenvalue weighted by molar-refractivity contribution is -0.139. The van der Waals surface area contributed by atoms with Crippen molar-refractivity contribution in [3.63, 3.8) is 0 Å². The largest absolute Gasteiger partial charge is 0.481 e. The fourth-order valence-electron chi connectivity index (χ4n) is 1.72. The predicted molar refractivity (Wildman–Crippen MR) is 60.6 cm³/mol. The van der Waals surface area contributed by atoms with E-state index in [0.29, 0.717) is 13.1 Å². The standard InChI is InChI=1S/C10H19N3O4/c1-17-8(4-9(14)15)5-12-10(16)13-3-2-7(11)6-13/h7-8H,2-6,11H2,1H3,(H,12,16)(H,14,15). The number of ether oxygens (including phenoxy) is 1. The van der Waals surface area contributed by atoms with Crippen LogP contribution in [-0.2, 0) is 9.53 Å². The monoisotopic (exact) mass is 245 g/mol. The van der Waals surface area contributed by atoms with Crippen LogP contribution < -0.4 is 11.1 Å². The number of nitrogens with zero attached hydrogens (tertiary/aromatic N) is 1. The quantitative estimate of drug-likeness (QED) is 0.589. The number of nitrogens with two attached hydrogens (primary N) is 1. The second kappa shape index (κ2) is 6.41. The Morgan fingerprint density at radius 2 is 2.35 bits per heavy atom. The number of amides is 2. The zero-order valence-corrected chi connectivity index (χ0v) is 9.89. The number of aliphatic carboxylic acids is 1. The molecule has 0 radical (unpaired) electrons. The van der Waals surface area contributed by atoms with Crippen LogP contribution in [0.3, 0.4) is 0 Å². The predicted octanol–water partition coefficient (Wildman–Crippen LogP) is -0.781. The van der Waals surface area contributed by atoms with Gasteiger partial charge in [0.15, 0.2) is 0 Å². The van der Waals surface area contributed by atoms with Gasteiger partial charge in [-0.25, -0.2) is 4.79 Å². The van der Waals surface area contributed by atoms with E-state index in [1.807, 2.05) is 0 Å². The van der Waals surface area contributed by atoms with Crippen molar-refractivity contribution in [1.29, 1.82) is 0 Å². The number of hydrogen-bond acceptors (Lipinski definition) is 4.